The Balaban J connectivity index is 0.00000220. The Morgan fingerprint density at radius 3 is 2.41 bits per heavy atom. The Kier molecular flexibility index (Phi) is 12.3. The average molecular weight is 358 g/mol. The maximum absolute atomic E-state index is 12.0. The summed E-state index contributed by atoms with van der Waals surface area (Å²) in [5, 5.41) is 3.11. The van der Waals surface area contributed by atoms with Gasteiger partial charge in [-0.2, -0.15) is 0 Å². The average Bonchev–Trinajstić information content (AvgIpc) is 2.52. The molecular formula is C14H29Cl2N3O3. The van der Waals surface area contributed by atoms with Gasteiger partial charge in [-0.1, -0.05) is 0 Å². The molecule has 0 aliphatic carbocycles. The summed E-state index contributed by atoms with van der Waals surface area (Å²) >= 11 is 0. The highest BCUT2D eigenvalue weighted by molar-refractivity contribution is 5.85. The van der Waals surface area contributed by atoms with Crippen molar-refractivity contribution in [2.45, 2.75) is 18.9 Å². The van der Waals surface area contributed by atoms with Gasteiger partial charge >= 0.3 is 0 Å². The number of hydrogen-bond acceptors (Lipinski definition) is 5. The van der Waals surface area contributed by atoms with Crippen molar-refractivity contribution in [1.29, 1.82) is 0 Å². The molecule has 6 nitrogen and oxygen atoms in total. The minimum absolute atomic E-state index is 0. The zero-order valence-corrected chi connectivity index (χ0v) is 14.9. The molecule has 2 rings (SSSR count). The number of nitrogens with zero attached hydrogens (tertiary/aromatic N) is 2. The molecule has 2 saturated heterocycles. The number of nitrogens with one attached hydrogen (secondary N) is 1. The van der Waals surface area contributed by atoms with Crippen molar-refractivity contribution in [2.24, 2.45) is 0 Å². The molecule has 2 fully saturated rings. The van der Waals surface area contributed by atoms with Crippen molar-refractivity contribution in [2.75, 3.05) is 66.2 Å². The van der Waals surface area contributed by atoms with Crippen LogP contribution in [0.15, 0.2) is 0 Å². The van der Waals surface area contributed by atoms with Crippen molar-refractivity contribution >= 4 is 30.7 Å². The molecule has 8 heteroatoms. The van der Waals surface area contributed by atoms with Gasteiger partial charge in [0.1, 0.15) is 0 Å². The highest BCUT2D eigenvalue weighted by Gasteiger charge is 2.26. The number of amides is 1. The van der Waals surface area contributed by atoms with E-state index < -0.39 is 0 Å². The summed E-state index contributed by atoms with van der Waals surface area (Å²) in [6.07, 6.45) is 2.26. The predicted molar refractivity (Wildman–Crippen MR) is 91.2 cm³/mol. The third-order valence-electron chi connectivity index (χ3n) is 4.13. The summed E-state index contributed by atoms with van der Waals surface area (Å²) in [7, 11) is 1.67. The molecule has 0 aromatic carbocycles. The minimum atomic E-state index is 0. The van der Waals surface area contributed by atoms with E-state index in [0.717, 1.165) is 58.8 Å². The van der Waals surface area contributed by atoms with Crippen molar-refractivity contribution < 1.29 is 14.3 Å². The van der Waals surface area contributed by atoms with E-state index in [0.29, 0.717) is 19.2 Å². The second kappa shape index (κ2) is 12.3. The molecule has 1 N–H and O–H groups in total. The highest BCUT2D eigenvalue weighted by Crippen LogP contribution is 2.16. The lowest BCUT2D eigenvalue weighted by atomic mass is 10.1. The number of halogens is 2. The van der Waals surface area contributed by atoms with E-state index in [4.69, 9.17) is 9.47 Å². The van der Waals surface area contributed by atoms with Gasteiger partial charge < -0.3 is 19.7 Å². The van der Waals surface area contributed by atoms with Crippen LogP contribution in [0, 0.1) is 0 Å². The van der Waals surface area contributed by atoms with Crippen LogP contribution in [0.4, 0.5) is 0 Å². The summed E-state index contributed by atoms with van der Waals surface area (Å²) in [6.45, 7) is 7.24. The van der Waals surface area contributed by atoms with E-state index in [-0.39, 0.29) is 30.7 Å². The lowest BCUT2D eigenvalue weighted by Gasteiger charge is -2.40. The number of carbonyl (C=O) groups is 1. The van der Waals surface area contributed by atoms with Crippen LogP contribution < -0.4 is 5.32 Å². The molecule has 0 aromatic heterocycles. The van der Waals surface area contributed by atoms with E-state index in [9.17, 15) is 4.79 Å². The minimum Gasteiger partial charge on any atom is -0.383 e. The van der Waals surface area contributed by atoms with Gasteiger partial charge in [-0.25, -0.2) is 0 Å². The van der Waals surface area contributed by atoms with Crippen molar-refractivity contribution in [1.82, 2.24) is 15.1 Å². The lowest BCUT2D eigenvalue weighted by molar-refractivity contribution is -0.132. The molecule has 2 aliphatic heterocycles. The Morgan fingerprint density at radius 1 is 1.18 bits per heavy atom. The Bertz CT molecular complexity index is 297. The third-order valence-corrected chi connectivity index (χ3v) is 4.13. The van der Waals surface area contributed by atoms with Gasteiger partial charge in [0.15, 0.2) is 0 Å². The molecule has 1 amide bonds. The fourth-order valence-electron chi connectivity index (χ4n) is 2.87. The number of rotatable bonds is 6. The van der Waals surface area contributed by atoms with E-state index in [1.54, 1.807) is 7.11 Å². The molecule has 0 aromatic rings. The lowest BCUT2D eigenvalue weighted by Crippen LogP contribution is -2.54. The van der Waals surface area contributed by atoms with Crippen LogP contribution in [0.1, 0.15) is 12.8 Å². The molecule has 0 saturated carbocycles. The smallest absolute Gasteiger partial charge is 0.236 e. The van der Waals surface area contributed by atoms with Crippen LogP contribution in [0.25, 0.3) is 0 Å². The normalized spacial score (nSPS) is 20.1. The number of ether oxygens (including phenoxy) is 2. The zero-order chi connectivity index (χ0) is 14.2. The topological polar surface area (TPSA) is 54.0 Å². The van der Waals surface area contributed by atoms with Gasteiger partial charge in [0.25, 0.3) is 0 Å². The quantitative estimate of drug-likeness (QED) is 0.697. The second-order valence-corrected chi connectivity index (χ2v) is 5.43. The summed E-state index contributed by atoms with van der Waals surface area (Å²) in [6, 6.07) is 0.654. The molecule has 22 heavy (non-hydrogen) atoms. The van der Waals surface area contributed by atoms with Gasteiger partial charge in [-0.3, -0.25) is 9.69 Å². The van der Waals surface area contributed by atoms with Crippen LogP contribution in [0.5, 0.6) is 0 Å². The Labute approximate surface area is 145 Å². The fraction of sp³-hybridized carbons (Fsp3) is 0.929. The monoisotopic (exact) mass is 357 g/mol. The standard InChI is InChI=1S/C14H27N3O3.2ClH/c1-19-11-4-15-12-14(18)17-7-5-16(6-8-17)13-2-9-20-10-3-13;;/h13,15H,2-12H2,1H3;2*1H. The molecule has 2 heterocycles. The van der Waals surface area contributed by atoms with Crippen molar-refractivity contribution in [3.05, 3.63) is 0 Å². The maximum atomic E-state index is 12.0. The largest absolute Gasteiger partial charge is 0.383 e. The van der Waals surface area contributed by atoms with E-state index in [1.165, 1.54) is 0 Å². The molecule has 2 aliphatic rings. The molecular weight excluding hydrogens is 329 g/mol. The van der Waals surface area contributed by atoms with Crippen LogP contribution >= 0.6 is 24.8 Å². The van der Waals surface area contributed by atoms with Gasteiger partial charge in [0.2, 0.25) is 5.91 Å². The van der Waals surface area contributed by atoms with Crippen LogP contribution in [0.2, 0.25) is 0 Å². The third kappa shape index (κ3) is 6.98. The SMILES string of the molecule is COCCNCC(=O)N1CCN(C2CCOCC2)CC1.Cl.Cl. The van der Waals surface area contributed by atoms with Crippen LogP contribution in [-0.2, 0) is 14.3 Å². The van der Waals surface area contributed by atoms with Gasteiger partial charge in [0.05, 0.1) is 13.2 Å². The van der Waals surface area contributed by atoms with Crippen molar-refractivity contribution in [3.8, 4) is 0 Å². The molecule has 0 radical (unpaired) electrons. The number of methoxy groups -OCH3 is 1. The van der Waals surface area contributed by atoms with Gasteiger partial charge in [0, 0.05) is 59.1 Å². The van der Waals surface area contributed by atoms with E-state index in [2.05, 4.69) is 10.2 Å². The molecule has 0 bridgehead atoms. The number of hydrogen-bond donors (Lipinski definition) is 1. The Hall–Kier alpha value is -0.110. The molecule has 0 spiro atoms. The molecule has 0 unspecified atom stereocenters. The first-order valence-corrected chi connectivity index (χ1v) is 7.60. The maximum Gasteiger partial charge on any atom is 0.236 e. The van der Waals surface area contributed by atoms with Gasteiger partial charge in [-0.15, -0.1) is 24.8 Å². The highest BCUT2D eigenvalue weighted by atomic mass is 35.5. The number of piperazine rings is 1. The first-order valence-electron chi connectivity index (χ1n) is 7.60. The molecule has 0 atom stereocenters. The van der Waals surface area contributed by atoms with Crippen molar-refractivity contribution in [3.63, 3.8) is 0 Å². The van der Waals surface area contributed by atoms with Gasteiger partial charge in [-0.05, 0) is 12.8 Å². The predicted octanol–water partition coefficient (Wildman–Crippen LogP) is 0.389. The van der Waals surface area contributed by atoms with E-state index in [1.807, 2.05) is 4.90 Å². The van der Waals surface area contributed by atoms with Crippen LogP contribution in [-0.4, -0.2) is 87.9 Å². The summed E-state index contributed by atoms with van der Waals surface area (Å²) < 4.78 is 10.4. The molecule has 132 valence electrons. The second-order valence-electron chi connectivity index (χ2n) is 5.43. The summed E-state index contributed by atoms with van der Waals surface area (Å²) in [5.74, 6) is 0.202. The van der Waals surface area contributed by atoms with E-state index >= 15 is 0 Å². The first kappa shape index (κ1) is 21.9. The van der Waals surface area contributed by atoms with Crippen LogP contribution in [0.3, 0.4) is 0 Å². The Morgan fingerprint density at radius 2 is 1.82 bits per heavy atom. The fourth-order valence-corrected chi connectivity index (χ4v) is 2.87. The first-order chi connectivity index (χ1) is 9.81. The number of carbonyl (C=O) groups excluding carboxylic acids is 1. The summed E-state index contributed by atoms with van der Waals surface area (Å²) in [5.41, 5.74) is 0. The zero-order valence-electron chi connectivity index (χ0n) is 13.3. The summed E-state index contributed by atoms with van der Waals surface area (Å²) in [4.78, 5) is 16.5.